The van der Waals surface area contributed by atoms with Gasteiger partial charge in [0, 0.05) is 0 Å². The lowest BCUT2D eigenvalue weighted by Gasteiger charge is -2.19. The minimum absolute atomic E-state index is 0.423. The second-order valence-electron chi connectivity index (χ2n) is 3.38. The van der Waals surface area contributed by atoms with Crippen LogP contribution in [0.3, 0.4) is 0 Å². The Bertz CT molecular complexity index is 584. The maximum atomic E-state index is 11.6. The van der Waals surface area contributed by atoms with E-state index in [9.17, 15) is 4.79 Å². The normalized spacial score (nSPS) is 18.8. The molecule has 1 aliphatic rings. The molecule has 1 aliphatic heterocycles. The van der Waals surface area contributed by atoms with Gasteiger partial charge < -0.3 is 9.05 Å². The third kappa shape index (κ3) is 1.53. The molecule has 5 heteroatoms. The molecule has 0 saturated heterocycles. The number of carbonyl (C=O) groups excluding carboxylic acids is 1. The van der Waals surface area contributed by atoms with Gasteiger partial charge in [0.05, 0.1) is 0 Å². The first-order valence-electron chi connectivity index (χ1n) is 4.63. The minimum Gasteiger partial charge on any atom is -0.426 e. The SMILES string of the molecule is O=C1OP(Cl)Oc2cc3ccccc3cc21. The zero-order chi connectivity index (χ0) is 11.1. The zero-order valence-corrected chi connectivity index (χ0v) is 9.66. The smallest absolute Gasteiger partial charge is 0.403 e. The maximum Gasteiger partial charge on any atom is 0.403 e. The van der Waals surface area contributed by atoms with Gasteiger partial charge in [0.2, 0.25) is 0 Å². The summed E-state index contributed by atoms with van der Waals surface area (Å²) >= 11 is 5.69. The second-order valence-corrected chi connectivity index (χ2v) is 5.00. The van der Waals surface area contributed by atoms with Crippen molar-refractivity contribution in [1.29, 1.82) is 0 Å². The fourth-order valence-electron chi connectivity index (χ4n) is 1.66. The Morgan fingerprint density at radius 3 is 2.50 bits per heavy atom. The molecule has 16 heavy (non-hydrogen) atoms. The summed E-state index contributed by atoms with van der Waals surface area (Å²) < 4.78 is 10.1. The van der Waals surface area contributed by atoms with Crippen molar-refractivity contribution >= 4 is 35.7 Å². The first-order chi connectivity index (χ1) is 7.74. The van der Waals surface area contributed by atoms with Crippen molar-refractivity contribution in [2.45, 2.75) is 0 Å². The molecule has 0 amide bonds. The van der Waals surface area contributed by atoms with Crippen molar-refractivity contribution < 1.29 is 13.8 Å². The fourth-order valence-corrected chi connectivity index (χ4v) is 2.65. The molecule has 0 bridgehead atoms. The fraction of sp³-hybridized carbons (Fsp3) is 0. The molecule has 80 valence electrons. The summed E-state index contributed by atoms with van der Waals surface area (Å²) in [5.74, 6) is 0.0733. The molecule has 3 nitrogen and oxygen atoms in total. The summed E-state index contributed by atoms with van der Waals surface area (Å²) in [4.78, 5) is 11.6. The van der Waals surface area contributed by atoms with Gasteiger partial charge in [0.25, 0.3) is 0 Å². The van der Waals surface area contributed by atoms with E-state index in [0.29, 0.717) is 11.3 Å². The van der Waals surface area contributed by atoms with Gasteiger partial charge in [-0.05, 0) is 34.1 Å². The molecule has 3 rings (SSSR count). The van der Waals surface area contributed by atoms with Crippen LogP contribution < -0.4 is 4.52 Å². The average Bonchev–Trinajstić information content (AvgIpc) is 2.27. The van der Waals surface area contributed by atoms with Crippen LogP contribution in [0.5, 0.6) is 5.75 Å². The Balaban J connectivity index is 2.26. The molecule has 0 aromatic heterocycles. The molecular weight excluding hydrogens is 247 g/mol. The van der Waals surface area contributed by atoms with Crippen LogP contribution in [0.15, 0.2) is 36.4 Å². The number of hydrogen-bond acceptors (Lipinski definition) is 3. The van der Waals surface area contributed by atoms with Gasteiger partial charge in [-0.25, -0.2) is 4.79 Å². The quantitative estimate of drug-likeness (QED) is 0.668. The molecule has 0 spiro atoms. The Morgan fingerprint density at radius 1 is 1.06 bits per heavy atom. The summed E-state index contributed by atoms with van der Waals surface area (Å²) in [7, 11) is -1.65. The number of fused-ring (bicyclic) bond motifs is 2. The highest BCUT2D eigenvalue weighted by atomic mass is 35.7. The number of halogens is 1. The highest BCUT2D eigenvalue weighted by Gasteiger charge is 2.28. The molecule has 1 heterocycles. The van der Waals surface area contributed by atoms with Crippen LogP contribution in [0.1, 0.15) is 10.4 Å². The average molecular weight is 253 g/mol. The van der Waals surface area contributed by atoms with Crippen LogP contribution in [0.25, 0.3) is 10.8 Å². The summed E-state index contributed by atoms with van der Waals surface area (Å²) in [6.07, 6.45) is 0. The van der Waals surface area contributed by atoms with Gasteiger partial charge in [0.15, 0.2) is 0 Å². The standard InChI is InChI=1S/C11H6ClO3P/c12-16-14-10-6-8-4-2-1-3-7(8)5-9(10)11(13)15-16/h1-6H. The predicted molar refractivity (Wildman–Crippen MR) is 62.8 cm³/mol. The van der Waals surface area contributed by atoms with Gasteiger partial charge in [-0.3, -0.25) is 0 Å². The summed E-state index contributed by atoms with van der Waals surface area (Å²) in [6.45, 7) is 0. The van der Waals surface area contributed by atoms with Crippen LogP contribution >= 0.6 is 19.0 Å². The van der Waals surface area contributed by atoms with Gasteiger partial charge >= 0.3 is 13.7 Å². The van der Waals surface area contributed by atoms with Crippen LogP contribution in [-0.4, -0.2) is 5.97 Å². The van der Waals surface area contributed by atoms with Gasteiger partial charge in [-0.2, -0.15) is 0 Å². The third-order valence-electron chi connectivity index (χ3n) is 2.39. The van der Waals surface area contributed by atoms with E-state index in [2.05, 4.69) is 0 Å². The Kier molecular flexibility index (Phi) is 2.23. The molecular formula is C11H6ClO3P. The molecule has 1 atom stereocenters. The largest absolute Gasteiger partial charge is 0.426 e. The van der Waals surface area contributed by atoms with Crippen molar-refractivity contribution in [3.05, 3.63) is 42.0 Å². The summed E-state index contributed by atoms with van der Waals surface area (Å²) in [5.41, 5.74) is 0.429. The summed E-state index contributed by atoms with van der Waals surface area (Å²) in [5, 5.41) is 1.98. The van der Waals surface area contributed by atoms with Gasteiger partial charge in [0.1, 0.15) is 11.3 Å². The molecule has 0 N–H and O–H groups in total. The lowest BCUT2D eigenvalue weighted by molar-refractivity contribution is 0.0728. The van der Waals surface area contributed by atoms with Crippen molar-refractivity contribution in [2.75, 3.05) is 0 Å². The number of carbonyl (C=O) groups is 1. The van der Waals surface area contributed by atoms with Crippen molar-refractivity contribution in [3.63, 3.8) is 0 Å². The molecule has 2 aromatic carbocycles. The number of benzene rings is 2. The first-order valence-corrected chi connectivity index (χ1v) is 6.71. The molecule has 0 radical (unpaired) electrons. The minimum atomic E-state index is -1.65. The lowest BCUT2D eigenvalue weighted by atomic mass is 10.1. The topological polar surface area (TPSA) is 35.5 Å². The van der Waals surface area contributed by atoms with Gasteiger partial charge in [-0.1, -0.05) is 24.3 Å². The van der Waals surface area contributed by atoms with E-state index in [1.807, 2.05) is 30.3 Å². The highest BCUT2D eigenvalue weighted by Crippen LogP contribution is 2.50. The number of hydrogen-bond donors (Lipinski definition) is 0. The van der Waals surface area contributed by atoms with Crippen LogP contribution in [0.4, 0.5) is 0 Å². The Labute approximate surface area is 97.6 Å². The van der Waals surface area contributed by atoms with Crippen molar-refractivity contribution in [2.24, 2.45) is 0 Å². The van der Waals surface area contributed by atoms with E-state index in [1.165, 1.54) is 0 Å². The summed E-state index contributed by atoms with van der Waals surface area (Å²) in [6, 6.07) is 11.3. The van der Waals surface area contributed by atoms with E-state index < -0.39 is 13.7 Å². The van der Waals surface area contributed by atoms with Crippen LogP contribution in [-0.2, 0) is 4.52 Å². The number of rotatable bonds is 0. The zero-order valence-electron chi connectivity index (χ0n) is 8.01. The van der Waals surface area contributed by atoms with E-state index in [4.69, 9.17) is 20.3 Å². The molecule has 0 fully saturated rings. The molecule has 2 aromatic rings. The highest BCUT2D eigenvalue weighted by molar-refractivity contribution is 7.76. The third-order valence-corrected chi connectivity index (χ3v) is 3.46. The van der Waals surface area contributed by atoms with Crippen LogP contribution in [0.2, 0.25) is 0 Å². The first kappa shape index (κ1) is 9.88. The maximum absolute atomic E-state index is 11.6. The molecule has 1 unspecified atom stereocenters. The molecule has 0 saturated carbocycles. The predicted octanol–water partition coefficient (Wildman–Crippen LogP) is 3.85. The van der Waals surface area contributed by atoms with E-state index in [1.54, 1.807) is 6.07 Å². The van der Waals surface area contributed by atoms with E-state index in [-0.39, 0.29) is 0 Å². The van der Waals surface area contributed by atoms with Crippen molar-refractivity contribution in [3.8, 4) is 5.75 Å². The monoisotopic (exact) mass is 252 g/mol. The Hall–Kier alpha value is -1.31. The van der Waals surface area contributed by atoms with E-state index in [0.717, 1.165) is 10.8 Å². The van der Waals surface area contributed by atoms with Crippen molar-refractivity contribution in [1.82, 2.24) is 0 Å². The van der Waals surface area contributed by atoms with E-state index >= 15 is 0 Å². The lowest BCUT2D eigenvalue weighted by Crippen LogP contribution is -2.09. The Morgan fingerprint density at radius 2 is 1.75 bits per heavy atom. The van der Waals surface area contributed by atoms with Crippen LogP contribution in [0, 0.1) is 0 Å². The molecule has 0 aliphatic carbocycles. The second kappa shape index (κ2) is 3.62. The van der Waals surface area contributed by atoms with Gasteiger partial charge in [-0.15, -0.1) is 0 Å².